The van der Waals surface area contributed by atoms with Crippen molar-refractivity contribution in [3.63, 3.8) is 0 Å². The number of aryl methyl sites for hydroxylation is 1. The number of carbonyl (C=O) groups is 2. The van der Waals surface area contributed by atoms with Crippen LogP contribution in [0.5, 0.6) is 11.5 Å². The summed E-state index contributed by atoms with van der Waals surface area (Å²) in [6.07, 6.45) is 3.10. The lowest BCUT2D eigenvalue weighted by Crippen LogP contribution is -2.48. The van der Waals surface area contributed by atoms with Gasteiger partial charge in [0.05, 0.1) is 14.2 Å². The second-order valence-corrected chi connectivity index (χ2v) is 5.63. The number of aliphatic carboxylic acids is 1. The minimum absolute atomic E-state index is 0.105. The molecule has 1 aliphatic heterocycles. The number of methoxy groups -OCH3 is 2. The van der Waals surface area contributed by atoms with E-state index in [2.05, 4.69) is 0 Å². The molecule has 0 radical (unpaired) electrons. The Balaban J connectivity index is 1.99. The van der Waals surface area contributed by atoms with Gasteiger partial charge in [-0.1, -0.05) is 6.07 Å². The standard InChI is InChI=1S/C17H23NO5/c1-22-14-8-6-12(11-15(14)23-2)7-9-16(19)18-10-4-3-5-13(18)17(20)21/h6,8,11,13H,3-5,7,9-10H2,1-2H3,(H,20,21). The van der Waals surface area contributed by atoms with Crippen LogP contribution in [0.2, 0.25) is 0 Å². The predicted molar refractivity (Wildman–Crippen MR) is 84.9 cm³/mol. The minimum Gasteiger partial charge on any atom is -0.493 e. The van der Waals surface area contributed by atoms with Gasteiger partial charge in [-0.2, -0.15) is 0 Å². The van der Waals surface area contributed by atoms with Crippen molar-refractivity contribution >= 4 is 11.9 Å². The predicted octanol–water partition coefficient (Wildman–Crippen LogP) is 2.10. The molecule has 0 aromatic heterocycles. The Morgan fingerprint density at radius 3 is 2.61 bits per heavy atom. The van der Waals surface area contributed by atoms with E-state index in [1.807, 2.05) is 12.1 Å². The maximum atomic E-state index is 12.4. The molecular weight excluding hydrogens is 298 g/mol. The monoisotopic (exact) mass is 321 g/mol. The highest BCUT2D eigenvalue weighted by Crippen LogP contribution is 2.28. The Labute approximate surface area is 136 Å². The highest BCUT2D eigenvalue weighted by molar-refractivity contribution is 5.84. The van der Waals surface area contributed by atoms with Gasteiger partial charge in [0.2, 0.25) is 5.91 Å². The van der Waals surface area contributed by atoms with Crippen molar-refractivity contribution in [3.8, 4) is 11.5 Å². The number of ether oxygens (including phenoxy) is 2. The van der Waals surface area contributed by atoms with E-state index in [0.29, 0.717) is 37.3 Å². The van der Waals surface area contributed by atoms with Crippen molar-refractivity contribution in [1.82, 2.24) is 4.90 Å². The molecule has 1 saturated heterocycles. The Hall–Kier alpha value is -2.24. The number of likely N-dealkylation sites (tertiary alicyclic amines) is 1. The van der Waals surface area contributed by atoms with Crippen LogP contribution in [-0.2, 0) is 16.0 Å². The minimum atomic E-state index is -0.913. The number of nitrogens with zero attached hydrogens (tertiary/aromatic N) is 1. The van der Waals surface area contributed by atoms with Gasteiger partial charge < -0.3 is 19.5 Å². The average Bonchev–Trinajstić information content (AvgIpc) is 2.59. The molecule has 1 N–H and O–H groups in total. The van der Waals surface area contributed by atoms with Gasteiger partial charge in [-0.25, -0.2) is 4.79 Å². The van der Waals surface area contributed by atoms with E-state index in [4.69, 9.17) is 9.47 Å². The average molecular weight is 321 g/mol. The van der Waals surface area contributed by atoms with Crippen LogP contribution in [0.15, 0.2) is 18.2 Å². The third-order valence-corrected chi connectivity index (χ3v) is 4.18. The van der Waals surface area contributed by atoms with Gasteiger partial charge >= 0.3 is 5.97 Å². The van der Waals surface area contributed by atoms with Crippen LogP contribution < -0.4 is 9.47 Å². The van der Waals surface area contributed by atoms with Crippen LogP contribution in [0, 0.1) is 0 Å². The summed E-state index contributed by atoms with van der Waals surface area (Å²) in [4.78, 5) is 25.2. The van der Waals surface area contributed by atoms with Gasteiger partial charge in [-0.05, 0) is 43.4 Å². The lowest BCUT2D eigenvalue weighted by atomic mass is 10.0. The summed E-state index contributed by atoms with van der Waals surface area (Å²) >= 11 is 0. The summed E-state index contributed by atoms with van der Waals surface area (Å²) in [7, 11) is 3.14. The highest BCUT2D eigenvalue weighted by atomic mass is 16.5. The summed E-state index contributed by atoms with van der Waals surface area (Å²) in [5.41, 5.74) is 0.958. The lowest BCUT2D eigenvalue weighted by Gasteiger charge is -2.33. The van der Waals surface area contributed by atoms with Crippen molar-refractivity contribution in [2.45, 2.75) is 38.1 Å². The fourth-order valence-corrected chi connectivity index (χ4v) is 2.92. The number of piperidine rings is 1. The zero-order chi connectivity index (χ0) is 16.8. The number of carbonyl (C=O) groups excluding carboxylic acids is 1. The zero-order valence-electron chi connectivity index (χ0n) is 13.6. The first-order chi connectivity index (χ1) is 11.1. The number of carboxylic acid groups (broad SMARTS) is 1. The molecule has 23 heavy (non-hydrogen) atoms. The summed E-state index contributed by atoms with van der Waals surface area (Å²) in [5.74, 6) is 0.249. The smallest absolute Gasteiger partial charge is 0.326 e. The van der Waals surface area contributed by atoms with Crippen molar-refractivity contribution in [3.05, 3.63) is 23.8 Å². The first-order valence-corrected chi connectivity index (χ1v) is 7.80. The second kappa shape index (κ2) is 7.85. The Bertz CT molecular complexity index is 572. The van der Waals surface area contributed by atoms with E-state index >= 15 is 0 Å². The largest absolute Gasteiger partial charge is 0.493 e. The van der Waals surface area contributed by atoms with Crippen LogP contribution in [-0.4, -0.2) is 48.7 Å². The highest BCUT2D eigenvalue weighted by Gasteiger charge is 2.31. The van der Waals surface area contributed by atoms with E-state index in [0.717, 1.165) is 18.4 Å². The van der Waals surface area contributed by atoms with Crippen LogP contribution in [0.25, 0.3) is 0 Å². The number of hydrogen-bond acceptors (Lipinski definition) is 4. The van der Waals surface area contributed by atoms with E-state index in [1.165, 1.54) is 4.90 Å². The lowest BCUT2D eigenvalue weighted by molar-refractivity contribution is -0.152. The first-order valence-electron chi connectivity index (χ1n) is 7.80. The van der Waals surface area contributed by atoms with Gasteiger partial charge in [0, 0.05) is 13.0 Å². The van der Waals surface area contributed by atoms with Crippen molar-refractivity contribution in [1.29, 1.82) is 0 Å². The van der Waals surface area contributed by atoms with E-state index in [1.54, 1.807) is 20.3 Å². The summed E-state index contributed by atoms with van der Waals surface area (Å²) < 4.78 is 10.4. The number of carboxylic acids is 1. The van der Waals surface area contributed by atoms with Gasteiger partial charge in [0.1, 0.15) is 6.04 Å². The fraction of sp³-hybridized carbons (Fsp3) is 0.529. The van der Waals surface area contributed by atoms with Crippen LogP contribution in [0.1, 0.15) is 31.2 Å². The molecule has 1 heterocycles. The number of rotatable bonds is 6. The number of amides is 1. The molecule has 1 atom stereocenters. The van der Waals surface area contributed by atoms with Gasteiger partial charge in [0.15, 0.2) is 11.5 Å². The van der Waals surface area contributed by atoms with Gasteiger partial charge in [-0.3, -0.25) is 4.79 Å². The molecule has 0 bridgehead atoms. The van der Waals surface area contributed by atoms with Crippen molar-refractivity contribution in [2.24, 2.45) is 0 Å². The molecule has 6 heteroatoms. The van der Waals surface area contributed by atoms with E-state index < -0.39 is 12.0 Å². The quantitative estimate of drug-likeness (QED) is 0.868. The first kappa shape index (κ1) is 17.1. The fourth-order valence-electron chi connectivity index (χ4n) is 2.92. The summed E-state index contributed by atoms with van der Waals surface area (Å²) in [6, 6.07) is 4.86. The van der Waals surface area contributed by atoms with E-state index in [9.17, 15) is 14.7 Å². The van der Waals surface area contributed by atoms with Crippen LogP contribution in [0.3, 0.4) is 0 Å². The SMILES string of the molecule is COc1ccc(CCC(=O)N2CCCCC2C(=O)O)cc1OC. The summed E-state index contributed by atoms with van der Waals surface area (Å²) in [5, 5.41) is 9.24. The maximum Gasteiger partial charge on any atom is 0.326 e. The molecule has 0 spiro atoms. The topological polar surface area (TPSA) is 76.1 Å². The molecule has 1 unspecified atom stereocenters. The molecule has 0 saturated carbocycles. The molecule has 1 amide bonds. The van der Waals surface area contributed by atoms with Crippen LogP contribution >= 0.6 is 0 Å². The Morgan fingerprint density at radius 1 is 1.22 bits per heavy atom. The zero-order valence-corrected chi connectivity index (χ0v) is 13.6. The molecule has 1 aromatic rings. The number of hydrogen-bond donors (Lipinski definition) is 1. The van der Waals surface area contributed by atoms with Crippen molar-refractivity contribution in [2.75, 3.05) is 20.8 Å². The normalized spacial score (nSPS) is 17.7. The molecule has 6 nitrogen and oxygen atoms in total. The molecule has 1 aromatic carbocycles. The molecular formula is C17H23NO5. The van der Waals surface area contributed by atoms with E-state index in [-0.39, 0.29) is 5.91 Å². The van der Waals surface area contributed by atoms with Gasteiger partial charge in [0.25, 0.3) is 0 Å². The molecule has 2 rings (SSSR count). The maximum absolute atomic E-state index is 12.4. The third kappa shape index (κ3) is 4.15. The molecule has 1 fully saturated rings. The Kier molecular flexibility index (Phi) is 5.84. The summed E-state index contributed by atoms with van der Waals surface area (Å²) in [6.45, 7) is 0.529. The van der Waals surface area contributed by atoms with Crippen molar-refractivity contribution < 1.29 is 24.2 Å². The van der Waals surface area contributed by atoms with Gasteiger partial charge in [-0.15, -0.1) is 0 Å². The van der Waals surface area contributed by atoms with Crippen LogP contribution in [0.4, 0.5) is 0 Å². The second-order valence-electron chi connectivity index (χ2n) is 5.63. The molecule has 1 aliphatic rings. The third-order valence-electron chi connectivity index (χ3n) is 4.18. The number of benzene rings is 1. The molecule has 126 valence electrons. The molecule has 0 aliphatic carbocycles. The Morgan fingerprint density at radius 2 is 1.96 bits per heavy atom.